The van der Waals surface area contributed by atoms with Gasteiger partial charge in [-0.3, -0.25) is 14.4 Å². The van der Waals surface area contributed by atoms with Crippen LogP contribution in [0.1, 0.15) is 62.6 Å². The Morgan fingerprint density at radius 3 is 2.40 bits per heavy atom. The molecule has 4 aliphatic carbocycles. The van der Waals surface area contributed by atoms with Crippen LogP contribution < -0.4 is 16.0 Å². The number of anilines is 1. The Kier molecular flexibility index (Phi) is 6.99. The number of Topliss-reactive ketones (excluding diaryl/α,β-unsaturated/α-hetero) is 2. The van der Waals surface area contributed by atoms with Gasteiger partial charge in [-0.15, -0.1) is 0 Å². The Hall–Kier alpha value is -3.37. The van der Waals surface area contributed by atoms with Crippen LogP contribution in [-0.2, 0) is 27.3 Å². The van der Waals surface area contributed by atoms with Crippen molar-refractivity contribution in [3.63, 3.8) is 0 Å². The molecule has 0 saturated heterocycles. The second-order valence-corrected chi connectivity index (χ2v) is 12.3. The third-order valence-electron chi connectivity index (χ3n) is 9.44. The topological polar surface area (TPSA) is 173 Å². The number of aromatic hydroxyl groups is 1. The first-order chi connectivity index (χ1) is 18.8. The van der Waals surface area contributed by atoms with E-state index in [9.17, 15) is 34.8 Å². The van der Waals surface area contributed by atoms with Gasteiger partial charge in [-0.25, -0.2) is 0 Å². The minimum absolute atomic E-state index is 0.102. The summed E-state index contributed by atoms with van der Waals surface area (Å²) in [4.78, 5) is 41.4. The zero-order chi connectivity index (χ0) is 29.3. The number of aliphatic hydroxyl groups excluding tert-OH is 2. The van der Waals surface area contributed by atoms with E-state index in [0.29, 0.717) is 23.7 Å². The maximum absolute atomic E-state index is 14.1. The molecule has 4 atom stereocenters. The average molecular weight is 554 g/mol. The third kappa shape index (κ3) is 4.03. The van der Waals surface area contributed by atoms with Crippen molar-refractivity contribution in [3.8, 4) is 5.75 Å². The molecule has 0 unspecified atom stereocenters. The molecule has 2 saturated carbocycles. The molecule has 0 heterocycles. The van der Waals surface area contributed by atoms with Crippen molar-refractivity contribution in [2.24, 2.45) is 29.4 Å². The number of nitrogens with one attached hydrogen (secondary N) is 1. The number of phenolic OH excluding ortho intramolecular Hbond substituents is 1. The highest BCUT2D eigenvalue weighted by Gasteiger charge is 2.64. The number of primary amides is 1. The summed E-state index contributed by atoms with van der Waals surface area (Å²) in [7, 11) is 3.73. The number of ketones is 2. The van der Waals surface area contributed by atoms with Gasteiger partial charge in [-0.05, 0) is 49.1 Å². The van der Waals surface area contributed by atoms with E-state index in [2.05, 4.69) is 5.32 Å². The van der Waals surface area contributed by atoms with Crippen LogP contribution in [0.5, 0.6) is 5.75 Å². The summed E-state index contributed by atoms with van der Waals surface area (Å²) in [6.07, 6.45) is 4.79. The summed E-state index contributed by atoms with van der Waals surface area (Å²) < 4.78 is 0. The molecular formula is C30H39N3O7. The van der Waals surface area contributed by atoms with Gasteiger partial charge in [0.1, 0.15) is 22.8 Å². The number of rotatable bonds is 6. The van der Waals surface area contributed by atoms with Gasteiger partial charge in [0.2, 0.25) is 5.78 Å². The molecule has 40 heavy (non-hydrogen) atoms. The molecule has 1 amide bonds. The number of fused-ring (bicyclic) bond motifs is 3. The van der Waals surface area contributed by atoms with Crippen molar-refractivity contribution < 1.29 is 34.8 Å². The zero-order valence-electron chi connectivity index (χ0n) is 23.5. The Balaban J connectivity index is 1.67. The summed E-state index contributed by atoms with van der Waals surface area (Å²) in [5.74, 6) is -7.48. The van der Waals surface area contributed by atoms with Crippen molar-refractivity contribution >= 4 is 28.9 Å². The Morgan fingerprint density at radius 2 is 1.82 bits per heavy atom. The van der Waals surface area contributed by atoms with Crippen molar-refractivity contribution in [2.75, 3.05) is 19.0 Å². The molecule has 216 valence electrons. The number of hydrogen-bond donors (Lipinski definition) is 6. The Morgan fingerprint density at radius 1 is 1.18 bits per heavy atom. The third-order valence-corrected chi connectivity index (χ3v) is 9.44. The van der Waals surface area contributed by atoms with Crippen molar-refractivity contribution in [1.29, 1.82) is 0 Å². The van der Waals surface area contributed by atoms with Crippen LogP contribution >= 0.6 is 0 Å². The van der Waals surface area contributed by atoms with Crippen LogP contribution in [0.3, 0.4) is 0 Å². The van der Waals surface area contributed by atoms with Crippen LogP contribution in [0.25, 0.3) is 5.76 Å². The van der Waals surface area contributed by atoms with E-state index in [-0.39, 0.29) is 35.6 Å². The van der Waals surface area contributed by atoms with E-state index >= 15 is 0 Å². The quantitative estimate of drug-likeness (QED) is 0.289. The highest BCUT2D eigenvalue weighted by Crippen LogP contribution is 2.55. The van der Waals surface area contributed by atoms with Crippen LogP contribution in [0.4, 0.5) is 5.69 Å². The first kappa shape index (κ1) is 28.2. The van der Waals surface area contributed by atoms with Crippen molar-refractivity contribution in [3.05, 3.63) is 39.7 Å². The number of phenols is 1. The molecule has 2 fully saturated rings. The van der Waals surface area contributed by atoms with Gasteiger partial charge in [0, 0.05) is 55.3 Å². The van der Waals surface area contributed by atoms with E-state index in [4.69, 9.17) is 5.73 Å². The molecular weight excluding hydrogens is 514 g/mol. The van der Waals surface area contributed by atoms with Gasteiger partial charge < -0.3 is 36.4 Å². The summed E-state index contributed by atoms with van der Waals surface area (Å²) in [6.45, 7) is 3.87. The monoisotopic (exact) mass is 553 g/mol. The second kappa shape index (κ2) is 9.92. The number of nitrogens with two attached hydrogens (primary N) is 1. The van der Waals surface area contributed by atoms with Crippen LogP contribution in [0, 0.1) is 23.7 Å². The minimum atomic E-state index is -2.60. The lowest BCUT2D eigenvalue weighted by Gasteiger charge is -2.50. The highest BCUT2D eigenvalue weighted by atomic mass is 16.3. The molecule has 0 bridgehead atoms. The SMILES string of the molecule is CC(C)[C@@H]1C(=O)C(C(N)=O)=C(O)[C@@]2(O)C(=O)C3=C(O)c4c(O)c(CNC5CCCC5)cc(N(C)C)c4C[C@H]3C[C@@H]12. The molecule has 4 aliphatic rings. The van der Waals surface area contributed by atoms with Crippen molar-refractivity contribution in [1.82, 2.24) is 5.32 Å². The second-order valence-electron chi connectivity index (χ2n) is 12.3. The van der Waals surface area contributed by atoms with E-state index in [1.165, 1.54) is 0 Å². The maximum atomic E-state index is 14.1. The smallest absolute Gasteiger partial charge is 0.255 e. The number of nitrogens with zero attached hydrogens (tertiary/aromatic N) is 1. The first-order valence-corrected chi connectivity index (χ1v) is 14.1. The Bertz CT molecular complexity index is 1360. The molecule has 10 heteroatoms. The maximum Gasteiger partial charge on any atom is 0.255 e. The fourth-order valence-electron chi connectivity index (χ4n) is 7.50. The summed E-state index contributed by atoms with van der Waals surface area (Å²) in [6, 6.07) is 2.24. The van der Waals surface area contributed by atoms with Gasteiger partial charge in [-0.2, -0.15) is 0 Å². The minimum Gasteiger partial charge on any atom is -0.508 e. The number of hydrogen-bond acceptors (Lipinski definition) is 9. The van der Waals surface area contributed by atoms with E-state index in [1.54, 1.807) is 13.8 Å². The predicted octanol–water partition coefficient (Wildman–Crippen LogP) is 2.40. The number of aliphatic hydroxyl groups is 3. The van der Waals surface area contributed by atoms with Gasteiger partial charge in [-0.1, -0.05) is 26.7 Å². The standard InChI is InChI=1S/C30H39N3O7/c1-13(2)20-18-10-14-9-17-19(33(3)4)11-15(12-32-16-7-5-6-8-16)24(34)22(17)26(36)21(14)27(37)30(18,40)28(38)23(25(20)35)29(31)39/h11,13-14,16,18,20,32,34,36,38,40H,5-10,12H2,1-4H3,(H2,31,39)/t14-,18-,20-,30-/m0/s1. The lowest BCUT2D eigenvalue weighted by Crippen LogP contribution is -2.62. The molecule has 10 nitrogen and oxygen atoms in total. The lowest BCUT2D eigenvalue weighted by molar-refractivity contribution is -0.155. The lowest BCUT2D eigenvalue weighted by atomic mass is 9.54. The summed E-state index contributed by atoms with van der Waals surface area (Å²) in [5.41, 5.74) is 4.05. The van der Waals surface area contributed by atoms with Crippen LogP contribution in [0.2, 0.25) is 0 Å². The van der Waals surface area contributed by atoms with Gasteiger partial charge >= 0.3 is 0 Å². The highest BCUT2D eigenvalue weighted by molar-refractivity contribution is 6.23. The van der Waals surface area contributed by atoms with E-state index in [1.807, 2.05) is 25.1 Å². The number of benzene rings is 1. The molecule has 7 N–H and O–H groups in total. The number of amides is 1. The zero-order valence-corrected chi connectivity index (χ0v) is 23.5. The molecule has 5 rings (SSSR count). The summed E-state index contributed by atoms with van der Waals surface area (Å²) in [5, 5.41) is 49.3. The van der Waals surface area contributed by atoms with Crippen molar-refractivity contribution in [2.45, 2.75) is 70.6 Å². The molecule has 0 spiro atoms. The molecule has 1 aromatic rings. The number of carbonyl (C=O) groups excluding carboxylic acids is 3. The predicted molar refractivity (Wildman–Crippen MR) is 149 cm³/mol. The molecule has 0 aromatic heterocycles. The molecule has 0 radical (unpaired) electrons. The Labute approximate surface area is 233 Å². The molecule has 1 aromatic carbocycles. The van der Waals surface area contributed by atoms with Gasteiger partial charge in [0.15, 0.2) is 11.4 Å². The van der Waals surface area contributed by atoms with Gasteiger partial charge in [0.25, 0.3) is 5.91 Å². The largest absolute Gasteiger partial charge is 0.508 e. The fraction of sp³-hybridized carbons (Fsp3) is 0.567. The van der Waals surface area contributed by atoms with Crippen LogP contribution in [0.15, 0.2) is 23.0 Å². The first-order valence-electron chi connectivity index (χ1n) is 14.1. The van der Waals surface area contributed by atoms with Crippen LogP contribution in [-0.4, -0.2) is 63.6 Å². The summed E-state index contributed by atoms with van der Waals surface area (Å²) >= 11 is 0. The van der Waals surface area contributed by atoms with E-state index < -0.39 is 57.9 Å². The normalized spacial score (nSPS) is 28.6. The van der Waals surface area contributed by atoms with E-state index in [0.717, 1.165) is 31.4 Å². The number of carbonyl (C=O) groups is 3. The average Bonchev–Trinajstić information content (AvgIpc) is 3.39. The molecule has 0 aliphatic heterocycles. The fourth-order valence-corrected chi connectivity index (χ4v) is 7.50. The van der Waals surface area contributed by atoms with Gasteiger partial charge in [0.05, 0.1) is 5.56 Å².